The van der Waals surface area contributed by atoms with Crippen LogP contribution in [-0.4, -0.2) is 17.8 Å². The van der Waals surface area contributed by atoms with Crippen molar-refractivity contribution in [2.24, 2.45) is 0 Å². The van der Waals surface area contributed by atoms with Crippen LogP contribution in [0.4, 0.5) is 0 Å². The zero-order valence-corrected chi connectivity index (χ0v) is 18.7. The summed E-state index contributed by atoms with van der Waals surface area (Å²) in [6.07, 6.45) is 15.5. The number of carbonyl (C=O) groups excluding carboxylic acids is 3. The molecule has 0 aliphatic carbocycles. The Hall–Kier alpha value is -2.69. The summed E-state index contributed by atoms with van der Waals surface area (Å²) in [5, 5.41) is 2.12. The quantitative estimate of drug-likeness (QED) is 0.180. The number of esters is 1. The molecule has 1 aromatic carbocycles. The Morgan fingerprint density at radius 2 is 1.71 bits per heavy atom. The van der Waals surface area contributed by atoms with Crippen molar-refractivity contribution in [1.82, 2.24) is 5.32 Å². The smallest absolute Gasteiger partial charge is 0.310 e. The molecule has 1 heterocycles. The second kappa shape index (κ2) is 13.6. The number of allylic oxidation sites excluding steroid dienone is 1. The Bertz CT molecular complexity index is 810. The van der Waals surface area contributed by atoms with Gasteiger partial charge in [-0.15, -0.1) is 6.58 Å². The van der Waals surface area contributed by atoms with E-state index in [-0.39, 0.29) is 18.6 Å². The number of hydrogen-bond donors (Lipinski definition) is 1. The minimum absolute atomic E-state index is 0.147. The molecular formula is C26H35NO4. The fraction of sp³-hybridized carbons (Fsp3) is 0.500. The number of benzene rings is 1. The third-order valence-corrected chi connectivity index (χ3v) is 5.58. The average Bonchev–Trinajstić information content (AvgIpc) is 3.05. The van der Waals surface area contributed by atoms with Crippen LogP contribution in [0.25, 0.3) is 0 Å². The van der Waals surface area contributed by atoms with E-state index in [0.29, 0.717) is 0 Å². The molecule has 2 rings (SSSR count). The highest BCUT2D eigenvalue weighted by Gasteiger charge is 2.23. The van der Waals surface area contributed by atoms with Crippen LogP contribution in [0.1, 0.15) is 80.9 Å². The van der Waals surface area contributed by atoms with Crippen molar-refractivity contribution in [3.8, 4) is 0 Å². The second-order valence-electron chi connectivity index (χ2n) is 8.24. The summed E-state index contributed by atoms with van der Waals surface area (Å²) in [6.45, 7) is 6.01. The van der Waals surface area contributed by atoms with E-state index in [0.717, 1.165) is 24.5 Å². The first-order valence-electron chi connectivity index (χ1n) is 11.4. The first-order chi connectivity index (χ1) is 15.0. The van der Waals surface area contributed by atoms with Gasteiger partial charge in [0.15, 0.2) is 0 Å². The lowest BCUT2D eigenvalue weighted by Gasteiger charge is -2.10. The predicted octanol–water partition coefficient (Wildman–Crippen LogP) is 5.25. The molecule has 0 radical (unpaired) electrons. The summed E-state index contributed by atoms with van der Waals surface area (Å²) in [5.74, 6) is -1.53. The molecule has 0 saturated heterocycles. The van der Waals surface area contributed by atoms with Crippen molar-refractivity contribution < 1.29 is 19.1 Å². The summed E-state index contributed by atoms with van der Waals surface area (Å²) in [5.41, 5.74) is 3.62. The summed E-state index contributed by atoms with van der Waals surface area (Å²) in [4.78, 5) is 34.5. The lowest BCUT2D eigenvalue weighted by Crippen LogP contribution is -2.23. The van der Waals surface area contributed by atoms with E-state index in [2.05, 4.69) is 31.0 Å². The molecule has 1 aliphatic heterocycles. The largest absolute Gasteiger partial charge is 0.461 e. The van der Waals surface area contributed by atoms with E-state index >= 15 is 0 Å². The number of imide groups is 1. The maximum Gasteiger partial charge on any atom is 0.310 e. The number of rotatable bonds is 15. The Morgan fingerprint density at radius 1 is 1.03 bits per heavy atom. The number of amides is 2. The van der Waals surface area contributed by atoms with Gasteiger partial charge in [-0.05, 0) is 49.3 Å². The van der Waals surface area contributed by atoms with E-state index in [1.165, 1.54) is 62.5 Å². The normalized spacial score (nSPS) is 13.1. The second-order valence-corrected chi connectivity index (χ2v) is 8.24. The minimum Gasteiger partial charge on any atom is -0.461 e. The molecule has 0 aromatic heterocycles. The molecule has 31 heavy (non-hydrogen) atoms. The predicted molar refractivity (Wildman–Crippen MR) is 122 cm³/mol. The van der Waals surface area contributed by atoms with Crippen LogP contribution in [-0.2, 0) is 32.1 Å². The molecule has 5 heteroatoms. The third kappa shape index (κ3) is 9.33. The van der Waals surface area contributed by atoms with Gasteiger partial charge in [0.05, 0.1) is 6.42 Å². The van der Waals surface area contributed by atoms with E-state index in [1.54, 1.807) is 0 Å². The lowest BCUT2D eigenvalue weighted by molar-refractivity contribution is -0.144. The molecule has 0 spiro atoms. The van der Waals surface area contributed by atoms with Crippen LogP contribution in [0.15, 0.2) is 42.5 Å². The zero-order valence-electron chi connectivity index (χ0n) is 18.7. The number of aryl methyl sites for hydroxylation is 2. The van der Waals surface area contributed by atoms with Crippen molar-refractivity contribution in [2.75, 3.05) is 0 Å². The Kier molecular flexibility index (Phi) is 10.8. The Labute approximate surface area is 185 Å². The number of hydrogen-bond acceptors (Lipinski definition) is 4. The minimum atomic E-state index is -0.523. The molecule has 1 N–H and O–H groups in total. The van der Waals surface area contributed by atoms with Crippen molar-refractivity contribution in [1.29, 1.82) is 0 Å². The molecular weight excluding hydrogens is 390 g/mol. The van der Waals surface area contributed by atoms with E-state index in [1.807, 2.05) is 12.1 Å². The molecule has 0 bridgehead atoms. The number of ether oxygens (including phenoxy) is 1. The van der Waals surface area contributed by atoms with Crippen molar-refractivity contribution in [3.05, 3.63) is 59.2 Å². The van der Waals surface area contributed by atoms with Gasteiger partial charge < -0.3 is 4.74 Å². The molecule has 1 aromatic rings. The van der Waals surface area contributed by atoms with E-state index in [9.17, 15) is 14.4 Å². The first kappa shape index (κ1) is 24.6. The summed E-state index contributed by atoms with van der Waals surface area (Å²) in [6, 6.07) is 6.16. The van der Waals surface area contributed by atoms with E-state index in [4.69, 9.17) is 4.74 Å². The van der Waals surface area contributed by atoms with Gasteiger partial charge in [-0.3, -0.25) is 19.7 Å². The highest BCUT2D eigenvalue weighted by Crippen LogP contribution is 2.17. The van der Waals surface area contributed by atoms with Crippen LogP contribution < -0.4 is 5.32 Å². The van der Waals surface area contributed by atoms with E-state index < -0.39 is 17.8 Å². The van der Waals surface area contributed by atoms with Gasteiger partial charge in [-0.1, -0.05) is 62.8 Å². The molecule has 0 saturated carbocycles. The first-order valence-corrected chi connectivity index (χ1v) is 11.4. The fourth-order valence-corrected chi connectivity index (χ4v) is 3.75. The van der Waals surface area contributed by atoms with Crippen LogP contribution >= 0.6 is 0 Å². The van der Waals surface area contributed by atoms with Gasteiger partial charge in [0.2, 0.25) is 0 Å². The Balaban J connectivity index is 1.62. The molecule has 1 aliphatic rings. The summed E-state index contributed by atoms with van der Waals surface area (Å²) in [7, 11) is 0. The zero-order chi connectivity index (χ0) is 22.5. The van der Waals surface area contributed by atoms with Crippen molar-refractivity contribution in [2.45, 2.75) is 84.2 Å². The molecule has 2 amide bonds. The van der Waals surface area contributed by atoms with Gasteiger partial charge in [0, 0.05) is 11.6 Å². The van der Waals surface area contributed by atoms with Gasteiger partial charge in [-0.2, -0.15) is 0 Å². The van der Waals surface area contributed by atoms with Gasteiger partial charge in [-0.25, -0.2) is 0 Å². The van der Waals surface area contributed by atoms with Gasteiger partial charge in [0.25, 0.3) is 11.8 Å². The summed E-state index contributed by atoms with van der Waals surface area (Å²) < 4.78 is 5.26. The van der Waals surface area contributed by atoms with Crippen LogP contribution in [0.2, 0.25) is 0 Å². The lowest BCUT2D eigenvalue weighted by atomic mass is 9.99. The van der Waals surface area contributed by atoms with Gasteiger partial charge >= 0.3 is 5.97 Å². The number of unbranched alkanes of at least 4 members (excludes halogenated alkanes) is 8. The SMILES string of the molecule is C=CCCCCCCCCCCc1ccc(COC(=O)CC2=CC(=O)NC2=O)cc1C. The van der Waals surface area contributed by atoms with Crippen molar-refractivity contribution in [3.63, 3.8) is 0 Å². The van der Waals surface area contributed by atoms with Crippen LogP contribution in [0.3, 0.4) is 0 Å². The molecule has 0 unspecified atom stereocenters. The highest BCUT2D eigenvalue weighted by atomic mass is 16.5. The van der Waals surface area contributed by atoms with Gasteiger partial charge in [0.1, 0.15) is 6.61 Å². The standard InChI is InChI=1S/C26H35NO4/c1-3-4-5-6-7-8-9-10-11-12-13-22-15-14-21(16-20(22)2)19-31-25(29)18-23-17-24(28)27-26(23)30/h3,14-17H,1,4-13,18-19H2,2H3,(H,27,28,30). The van der Waals surface area contributed by atoms with Crippen LogP contribution in [0.5, 0.6) is 0 Å². The highest BCUT2D eigenvalue weighted by molar-refractivity contribution is 6.17. The van der Waals surface area contributed by atoms with Crippen molar-refractivity contribution >= 4 is 17.8 Å². The molecule has 168 valence electrons. The monoisotopic (exact) mass is 425 g/mol. The summed E-state index contributed by atoms with van der Waals surface area (Å²) >= 11 is 0. The number of carbonyl (C=O) groups is 3. The number of nitrogens with one attached hydrogen (secondary N) is 1. The fourth-order valence-electron chi connectivity index (χ4n) is 3.75. The maximum absolute atomic E-state index is 11.9. The third-order valence-electron chi connectivity index (χ3n) is 5.58. The molecule has 5 nitrogen and oxygen atoms in total. The average molecular weight is 426 g/mol. The van der Waals surface area contributed by atoms with Crippen LogP contribution in [0, 0.1) is 6.92 Å². The Morgan fingerprint density at radius 3 is 2.32 bits per heavy atom. The topological polar surface area (TPSA) is 72.5 Å². The molecule has 0 fully saturated rings. The molecule has 0 atom stereocenters. The maximum atomic E-state index is 11.9.